The number of anilines is 1. The van der Waals surface area contributed by atoms with Gasteiger partial charge in [-0.05, 0) is 72.7 Å². The number of amides is 1. The lowest BCUT2D eigenvalue weighted by Crippen LogP contribution is -2.33. The van der Waals surface area contributed by atoms with Gasteiger partial charge in [0.1, 0.15) is 0 Å². The van der Waals surface area contributed by atoms with Gasteiger partial charge in [0.25, 0.3) is 0 Å². The maximum Gasteiger partial charge on any atom is 0.416 e. The molecule has 6 nitrogen and oxygen atoms in total. The van der Waals surface area contributed by atoms with Gasteiger partial charge in [-0.1, -0.05) is 37.3 Å². The first kappa shape index (κ1) is 27.4. The number of hydrogen-bond donors (Lipinski definition) is 2. The third kappa shape index (κ3) is 5.72. The van der Waals surface area contributed by atoms with Crippen LogP contribution < -0.4 is 10.6 Å². The minimum atomic E-state index is -4.47. The average Bonchev–Trinajstić information content (AvgIpc) is 3.56. The molecule has 1 aliphatic heterocycles. The minimum absolute atomic E-state index is 0.156. The fourth-order valence-electron chi connectivity index (χ4n) is 5.06. The van der Waals surface area contributed by atoms with Gasteiger partial charge in [-0.2, -0.15) is 13.2 Å². The van der Waals surface area contributed by atoms with Crippen molar-refractivity contribution in [1.82, 2.24) is 19.8 Å². The summed E-state index contributed by atoms with van der Waals surface area (Å²) in [4.78, 5) is 19.4. The van der Waals surface area contributed by atoms with Crippen LogP contribution in [0.2, 0.25) is 0 Å². The molecule has 0 saturated carbocycles. The third-order valence-corrected chi connectivity index (χ3v) is 7.34. The highest BCUT2D eigenvalue weighted by molar-refractivity contribution is 7.80. The van der Waals surface area contributed by atoms with Gasteiger partial charge in [0, 0.05) is 42.4 Å². The van der Waals surface area contributed by atoms with Gasteiger partial charge in [0.15, 0.2) is 5.11 Å². The molecule has 1 fully saturated rings. The normalized spacial score (nSPS) is 17.1. The number of nitrogens with one attached hydrogen (secondary N) is 2. The number of hydrogen-bond acceptors (Lipinski definition) is 3. The van der Waals surface area contributed by atoms with Crippen molar-refractivity contribution in [1.29, 1.82) is 0 Å². The predicted molar refractivity (Wildman–Crippen MR) is 152 cm³/mol. The maximum absolute atomic E-state index is 13.5. The van der Waals surface area contributed by atoms with E-state index < -0.39 is 17.8 Å². The fraction of sp³-hybridized carbons (Fsp3) is 0.233. The molecule has 1 aliphatic rings. The standard InChI is InChI=1S/C30H28F3N5OS/c1-2-20-9-3-4-12-23(20)35-26(39)15-18-38-28(27(36-29(38)40)24-13-5-6-16-34-24)25-14-8-17-37(25)22-11-7-10-21(19-22)30(31,32)33/h3-14,16-17,19,27-28H,2,15,18H2,1H3,(H,35,39)(H,36,40)/t27-,28-/m1/s1. The summed E-state index contributed by atoms with van der Waals surface area (Å²) in [6, 6.07) is 21.3. The number of aromatic nitrogens is 2. The summed E-state index contributed by atoms with van der Waals surface area (Å²) >= 11 is 5.72. The monoisotopic (exact) mass is 563 g/mol. The van der Waals surface area contributed by atoms with Crippen LogP contribution in [0, 0.1) is 0 Å². The molecule has 0 unspecified atom stereocenters. The highest BCUT2D eigenvalue weighted by Crippen LogP contribution is 2.40. The van der Waals surface area contributed by atoms with Gasteiger partial charge in [0.2, 0.25) is 5.91 Å². The van der Waals surface area contributed by atoms with E-state index in [2.05, 4.69) is 15.6 Å². The van der Waals surface area contributed by atoms with Gasteiger partial charge < -0.3 is 20.1 Å². The molecule has 2 aromatic carbocycles. The maximum atomic E-state index is 13.5. The summed E-state index contributed by atoms with van der Waals surface area (Å²) in [5.41, 5.74) is 2.92. The smallest absolute Gasteiger partial charge is 0.352 e. The van der Waals surface area contributed by atoms with Gasteiger partial charge in [-0.15, -0.1) is 0 Å². The summed E-state index contributed by atoms with van der Waals surface area (Å²) in [6.45, 7) is 2.33. The first-order valence-corrected chi connectivity index (χ1v) is 13.4. The topological polar surface area (TPSA) is 62.2 Å². The Hall–Kier alpha value is -4.18. The Morgan fingerprint density at radius 1 is 1.05 bits per heavy atom. The van der Waals surface area contributed by atoms with E-state index in [9.17, 15) is 18.0 Å². The first-order chi connectivity index (χ1) is 19.3. The predicted octanol–water partition coefficient (Wildman–Crippen LogP) is 6.45. The molecular formula is C30H28F3N5OS. The molecule has 0 bridgehead atoms. The Bertz CT molecular complexity index is 1500. The molecule has 0 spiro atoms. The lowest BCUT2D eigenvalue weighted by molar-refractivity contribution is -0.137. The Balaban J connectivity index is 1.46. The average molecular weight is 564 g/mol. The number of thiocarbonyl (C=S) groups is 1. The van der Waals surface area contributed by atoms with E-state index in [1.807, 2.05) is 60.4 Å². The van der Waals surface area contributed by atoms with Crippen molar-refractivity contribution in [2.24, 2.45) is 0 Å². The Labute approximate surface area is 235 Å². The summed E-state index contributed by atoms with van der Waals surface area (Å²) in [5.74, 6) is -0.156. The van der Waals surface area contributed by atoms with Crippen molar-refractivity contribution in [2.45, 2.75) is 38.0 Å². The Morgan fingerprint density at radius 2 is 1.85 bits per heavy atom. The molecule has 2 N–H and O–H groups in total. The Morgan fingerprint density at radius 3 is 2.60 bits per heavy atom. The zero-order valence-electron chi connectivity index (χ0n) is 21.7. The molecule has 206 valence electrons. The number of nitrogens with zero attached hydrogens (tertiary/aromatic N) is 3. The van der Waals surface area contributed by atoms with Crippen molar-refractivity contribution >= 4 is 28.9 Å². The van der Waals surface area contributed by atoms with Crippen molar-refractivity contribution in [2.75, 3.05) is 11.9 Å². The van der Waals surface area contributed by atoms with Crippen LogP contribution in [0.5, 0.6) is 0 Å². The van der Waals surface area contributed by atoms with E-state index in [-0.39, 0.29) is 18.4 Å². The van der Waals surface area contributed by atoms with E-state index in [1.165, 1.54) is 6.07 Å². The van der Waals surface area contributed by atoms with Gasteiger partial charge in [0.05, 0.1) is 23.3 Å². The van der Waals surface area contributed by atoms with Gasteiger partial charge in [-0.25, -0.2) is 0 Å². The molecule has 2 aromatic heterocycles. The summed E-state index contributed by atoms with van der Waals surface area (Å²) in [6.07, 6.45) is -0.100. The van der Waals surface area contributed by atoms with Gasteiger partial charge in [-0.3, -0.25) is 9.78 Å². The molecule has 0 radical (unpaired) electrons. The highest BCUT2D eigenvalue weighted by atomic mass is 32.1. The van der Waals surface area contributed by atoms with Crippen LogP contribution in [0.4, 0.5) is 18.9 Å². The number of rotatable bonds is 8. The molecule has 0 aliphatic carbocycles. The van der Waals surface area contributed by atoms with Crippen molar-refractivity contribution in [3.05, 3.63) is 114 Å². The second kappa shape index (κ2) is 11.5. The van der Waals surface area contributed by atoms with E-state index in [4.69, 9.17) is 12.2 Å². The molecule has 40 heavy (non-hydrogen) atoms. The van der Waals surface area contributed by atoms with Crippen molar-refractivity contribution in [3.8, 4) is 5.69 Å². The third-order valence-electron chi connectivity index (χ3n) is 6.98. The number of pyridine rings is 1. The van der Waals surface area contributed by atoms with Crippen LogP contribution in [0.1, 0.15) is 47.9 Å². The quantitative estimate of drug-likeness (QED) is 0.241. The number of para-hydroxylation sites is 1. The van der Waals surface area contributed by atoms with Crippen LogP contribution in [-0.4, -0.2) is 32.0 Å². The number of halogens is 3. The van der Waals surface area contributed by atoms with E-state index >= 15 is 0 Å². The SMILES string of the molecule is CCc1ccccc1NC(=O)CCN1C(=S)N[C@H](c2ccccn2)[C@H]1c1cccn1-c1cccc(C(F)(F)F)c1. The zero-order valence-corrected chi connectivity index (χ0v) is 22.5. The van der Waals surface area contributed by atoms with Crippen molar-refractivity contribution in [3.63, 3.8) is 0 Å². The first-order valence-electron chi connectivity index (χ1n) is 13.0. The number of carbonyl (C=O) groups excluding carboxylic acids is 1. The molecule has 1 saturated heterocycles. The minimum Gasteiger partial charge on any atom is -0.352 e. The molecule has 5 rings (SSSR count). The molecule has 10 heteroatoms. The van der Waals surface area contributed by atoms with Crippen LogP contribution in [-0.2, 0) is 17.4 Å². The lowest BCUT2D eigenvalue weighted by atomic mass is 10.0. The number of alkyl halides is 3. The number of carbonyl (C=O) groups is 1. The molecule has 1 amide bonds. The fourth-order valence-corrected chi connectivity index (χ4v) is 5.39. The molecule has 4 aromatic rings. The van der Waals surface area contributed by atoms with Crippen LogP contribution >= 0.6 is 12.2 Å². The van der Waals surface area contributed by atoms with Crippen LogP contribution in [0.3, 0.4) is 0 Å². The lowest BCUT2D eigenvalue weighted by Gasteiger charge is -2.29. The second-order valence-electron chi connectivity index (χ2n) is 9.48. The molecular weight excluding hydrogens is 535 g/mol. The highest BCUT2D eigenvalue weighted by Gasteiger charge is 2.41. The second-order valence-corrected chi connectivity index (χ2v) is 9.87. The largest absolute Gasteiger partial charge is 0.416 e. The van der Waals surface area contributed by atoms with E-state index in [0.717, 1.165) is 41.2 Å². The van der Waals surface area contributed by atoms with Crippen LogP contribution in [0.25, 0.3) is 5.69 Å². The number of aryl methyl sites for hydroxylation is 1. The van der Waals surface area contributed by atoms with Crippen LogP contribution in [0.15, 0.2) is 91.3 Å². The van der Waals surface area contributed by atoms with Crippen molar-refractivity contribution < 1.29 is 18.0 Å². The van der Waals surface area contributed by atoms with E-state index in [1.54, 1.807) is 29.1 Å². The summed E-state index contributed by atoms with van der Waals surface area (Å²) in [7, 11) is 0. The summed E-state index contributed by atoms with van der Waals surface area (Å²) in [5, 5.41) is 6.78. The molecule has 3 heterocycles. The molecule has 2 atom stereocenters. The van der Waals surface area contributed by atoms with E-state index in [0.29, 0.717) is 17.3 Å². The Kier molecular flexibility index (Phi) is 7.88. The zero-order chi connectivity index (χ0) is 28.3. The van der Waals surface area contributed by atoms with Gasteiger partial charge >= 0.3 is 6.18 Å². The number of benzene rings is 2. The summed E-state index contributed by atoms with van der Waals surface area (Å²) < 4.78 is 42.2.